The average Bonchev–Trinajstić information content (AvgIpc) is 3.13. The number of hydrogen-bond acceptors (Lipinski definition) is 5. The van der Waals surface area contributed by atoms with Gasteiger partial charge >= 0.3 is 6.18 Å². The third kappa shape index (κ3) is 4.04. The van der Waals surface area contributed by atoms with E-state index >= 15 is 0 Å². The van der Waals surface area contributed by atoms with Crippen molar-refractivity contribution < 1.29 is 22.8 Å². The lowest BCUT2D eigenvalue weighted by Crippen LogP contribution is -2.30. The van der Waals surface area contributed by atoms with Gasteiger partial charge in [0.05, 0.1) is 39.7 Å². The van der Waals surface area contributed by atoms with Crippen molar-refractivity contribution in [2.45, 2.75) is 43.5 Å². The minimum Gasteiger partial charge on any atom is -0.301 e. The van der Waals surface area contributed by atoms with Gasteiger partial charge in [0.2, 0.25) is 11.8 Å². The van der Waals surface area contributed by atoms with E-state index in [-0.39, 0.29) is 20.9 Å². The highest BCUT2D eigenvalue weighted by Crippen LogP contribution is 2.42. The first-order chi connectivity index (χ1) is 13.1. The number of nitrogens with zero attached hydrogens (tertiary/aromatic N) is 3. The number of nitrogens with one attached hydrogen (secondary N) is 1. The number of anilines is 1. The number of thiazole rings is 1. The van der Waals surface area contributed by atoms with Crippen LogP contribution in [0.5, 0.6) is 0 Å². The zero-order valence-corrected chi connectivity index (χ0v) is 18.2. The predicted octanol–water partition coefficient (Wildman–Crippen LogP) is 4.78. The van der Waals surface area contributed by atoms with E-state index in [1.54, 1.807) is 13.8 Å². The van der Waals surface area contributed by atoms with Crippen LogP contribution in [0, 0.1) is 0 Å². The summed E-state index contributed by atoms with van der Waals surface area (Å²) in [6.45, 7) is 6.07. The second-order valence-corrected chi connectivity index (χ2v) is 10.5. The third-order valence-corrected chi connectivity index (χ3v) is 5.39. The summed E-state index contributed by atoms with van der Waals surface area (Å²) < 4.78 is 41.2. The number of carbonyl (C=O) groups is 2. The van der Waals surface area contributed by atoms with Crippen LogP contribution in [0.3, 0.4) is 0 Å². The minimum atomic E-state index is -4.73. The lowest BCUT2D eigenvalue weighted by molar-refractivity contribution is -0.136. The molecule has 2 heterocycles. The molecule has 2 aromatic heterocycles. The maximum Gasteiger partial charge on any atom is 0.418 e. The van der Waals surface area contributed by atoms with Crippen molar-refractivity contribution in [2.24, 2.45) is 0 Å². The van der Waals surface area contributed by atoms with Crippen LogP contribution < -0.4 is 5.32 Å². The lowest BCUT2D eigenvalue weighted by atomic mass is 9.72. The van der Waals surface area contributed by atoms with Gasteiger partial charge in [0.25, 0.3) is 0 Å². The molecule has 0 saturated carbocycles. The molecule has 0 aliphatic heterocycles. The van der Waals surface area contributed by atoms with Crippen LogP contribution in [0.4, 0.5) is 18.3 Å². The fourth-order valence-corrected chi connectivity index (χ4v) is 3.60. The first-order valence-corrected chi connectivity index (χ1v) is 9.94. The van der Waals surface area contributed by atoms with Gasteiger partial charge in [0.1, 0.15) is 0 Å². The second kappa shape index (κ2) is 6.80. The monoisotopic (exact) mass is 486 g/mol. The summed E-state index contributed by atoms with van der Waals surface area (Å²) in [4.78, 5) is 28.7. The molecule has 0 bridgehead atoms. The van der Waals surface area contributed by atoms with Crippen LogP contribution in [-0.4, -0.2) is 38.7 Å². The first-order valence-electron chi connectivity index (χ1n) is 8.33. The number of amides is 1. The standard InChI is InChI=1S/C17H15BBrF3N4O2S/c1-15(2,18)13(28)26-9-5-8(17(20,21)22)10-11(7(9)6-23-26)29-14(24-10)25-12(27)16(3,4)19/h5-6H,1-4H3,(H,24,25,27). The SMILES string of the molecule is [B]C(C)(C)C(=O)n1ncc2c3sc(NC(=O)C(C)(C)Br)nc3c(C(F)(F)F)cc21. The first kappa shape index (κ1) is 21.8. The zero-order valence-electron chi connectivity index (χ0n) is 15.8. The van der Waals surface area contributed by atoms with E-state index in [2.05, 4.69) is 31.3 Å². The van der Waals surface area contributed by atoms with Crippen LogP contribution in [-0.2, 0) is 11.0 Å². The molecule has 6 nitrogen and oxygen atoms in total. The van der Waals surface area contributed by atoms with Crippen molar-refractivity contribution in [1.82, 2.24) is 14.8 Å². The summed E-state index contributed by atoms with van der Waals surface area (Å²) in [5.74, 6) is -1.11. The van der Waals surface area contributed by atoms with E-state index < -0.39 is 33.2 Å². The van der Waals surface area contributed by atoms with Crippen molar-refractivity contribution in [2.75, 3.05) is 5.32 Å². The Labute approximate surface area is 177 Å². The molecule has 0 aliphatic carbocycles. The summed E-state index contributed by atoms with van der Waals surface area (Å²) in [5, 5.41) is 5.44. The van der Waals surface area contributed by atoms with Gasteiger partial charge in [0, 0.05) is 10.7 Å². The van der Waals surface area contributed by atoms with E-state index in [0.29, 0.717) is 5.39 Å². The molecule has 0 saturated heterocycles. The highest BCUT2D eigenvalue weighted by Gasteiger charge is 2.37. The van der Waals surface area contributed by atoms with E-state index in [0.717, 1.165) is 22.1 Å². The van der Waals surface area contributed by atoms with Crippen molar-refractivity contribution in [3.05, 3.63) is 17.8 Å². The molecular formula is C17H15BBrF3N4O2S. The van der Waals surface area contributed by atoms with E-state index in [1.165, 1.54) is 20.0 Å². The molecule has 1 aromatic carbocycles. The van der Waals surface area contributed by atoms with Crippen LogP contribution in [0.15, 0.2) is 12.3 Å². The molecular weight excluding hydrogens is 472 g/mol. The number of fused-ring (bicyclic) bond motifs is 3. The van der Waals surface area contributed by atoms with Crippen LogP contribution in [0.25, 0.3) is 21.1 Å². The number of benzene rings is 1. The number of carbonyl (C=O) groups excluding carboxylic acids is 2. The van der Waals surface area contributed by atoms with Gasteiger partial charge in [-0.25, -0.2) is 9.67 Å². The molecule has 152 valence electrons. The quantitative estimate of drug-likeness (QED) is 0.426. The molecule has 2 radical (unpaired) electrons. The van der Waals surface area contributed by atoms with Gasteiger partial charge in [-0.3, -0.25) is 9.59 Å². The molecule has 1 N–H and O–H groups in total. The molecule has 3 aromatic rings. The number of rotatable bonds is 3. The molecule has 0 aliphatic rings. The van der Waals surface area contributed by atoms with Gasteiger partial charge in [-0.2, -0.15) is 18.3 Å². The molecule has 0 unspecified atom stereocenters. The summed E-state index contributed by atoms with van der Waals surface area (Å²) >= 11 is 4.07. The fraction of sp³-hybridized carbons (Fsp3) is 0.412. The molecule has 0 fully saturated rings. The molecule has 12 heteroatoms. The Bertz CT molecular complexity index is 1140. The zero-order chi connectivity index (χ0) is 21.9. The summed E-state index contributed by atoms with van der Waals surface area (Å²) in [6.07, 6.45) is -3.44. The average molecular weight is 487 g/mol. The predicted molar refractivity (Wildman–Crippen MR) is 110 cm³/mol. The number of hydrogen-bond donors (Lipinski definition) is 1. The number of halogens is 4. The van der Waals surface area contributed by atoms with Gasteiger partial charge in [-0.1, -0.05) is 41.1 Å². The summed E-state index contributed by atoms with van der Waals surface area (Å²) in [7, 11) is 5.80. The van der Waals surface area contributed by atoms with Crippen molar-refractivity contribution in [3.8, 4) is 0 Å². The minimum absolute atomic E-state index is 0.00811. The maximum absolute atomic E-state index is 13.7. The van der Waals surface area contributed by atoms with Gasteiger partial charge in [-0.05, 0) is 19.9 Å². The van der Waals surface area contributed by atoms with Crippen molar-refractivity contribution in [1.29, 1.82) is 0 Å². The Morgan fingerprint density at radius 1 is 1.24 bits per heavy atom. The van der Waals surface area contributed by atoms with E-state index in [9.17, 15) is 22.8 Å². The van der Waals surface area contributed by atoms with Crippen LogP contribution in [0.1, 0.15) is 38.1 Å². The Hall–Kier alpha value is -1.95. The van der Waals surface area contributed by atoms with Crippen molar-refractivity contribution in [3.63, 3.8) is 0 Å². The van der Waals surface area contributed by atoms with Gasteiger partial charge in [-0.15, -0.1) is 0 Å². The largest absolute Gasteiger partial charge is 0.418 e. The molecule has 0 spiro atoms. The maximum atomic E-state index is 13.7. The highest BCUT2D eigenvalue weighted by molar-refractivity contribution is 9.10. The smallest absolute Gasteiger partial charge is 0.301 e. The van der Waals surface area contributed by atoms with E-state index in [4.69, 9.17) is 7.85 Å². The Morgan fingerprint density at radius 3 is 2.38 bits per heavy atom. The number of aromatic nitrogens is 3. The molecule has 3 rings (SSSR count). The van der Waals surface area contributed by atoms with Crippen LogP contribution >= 0.6 is 27.3 Å². The summed E-state index contributed by atoms with van der Waals surface area (Å²) in [5.41, 5.74) is -1.38. The fourth-order valence-electron chi connectivity index (χ4n) is 2.51. The lowest BCUT2D eigenvalue weighted by Gasteiger charge is -2.17. The highest BCUT2D eigenvalue weighted by atomic mass is 79.9. The topological polar surface area (TPSA) is 76.9 Å². The Kier molecular flexibility index (Phi) is 5.10. The second-order valence-electron chi connectivity index (χ2n) is 7.56. The molecule has 1 amide bonds. The van der Waals surface area contributed by atoms with Crippen LogP contribution in [0.2, 0.25) is 5.31 Å². The van der Waals surface area contributed by atoms with E-state index in [1.807, 2.05) is 0 Å². The molecule has 0 atom stereocenters. The third-order valence-electron chi connectivity index (χ3n) is 4.02. The van der Waals surface area contributed by atoms with Gasteiger partial charge < -0.3 is 5.32 Å². The normalized spacial score (nSPS) is 13.2. The summed E-state index contributed by atoms with van der Waals surface area (Å²) in [6, 6.07) is 0.827. The number of alkyl halides is 4. The van der Waals surface area contributed by atoms with Gasteiger partial charge in [0.15, 0.2) is 5.13 Å². The van der Waals surface area contributed by atoms with Crippen molar-refractivity contribution >= 4 is 73.2 Å². The Morgan fingerprint density at radius 2 is 1.86 bits per heavy atom. The Balaban J connectivity index is 2.27. The molecule has 29 heavy (non-hydrogen) atoms.